The maximum Gasteiger partial charge on any atom is 0.198 e. The van der Waals surface area contributed by atoms with Crippen LogP contribution in [-0.2, 0) is 158 Å². The lowest BCUT2D eigenvalue weighted by molar-refractivity contribution is 0.432. The van der Waals surface area contributed by atoms with Gasteiger partial charge < -0.3 is 16.5 Å². The minimum absolute atomic E-state index is 0.316. The molecular weight excluding hydrogens is 1730 g/mol. The van der Waals surface area contributed by atoms with E-state index in [9.17, 15) is 0 Å². The molecule has 4 nitrogen and oxygen atoms in total. The van der Waals surface area contributed by atoms with Crippen molar-refractivity contribution in [3.63, 3.8) is 0 Å². The molecule has 0 saturated carbocycles. The predicted octanol–water partition coefficient (Wildman–Crippen LogP) is 29.4. The van der Waals surface area contributed by atoms with E-state index in [1.165, 1.54) is 109 Å². The fourth-order valence-corrected chi connectivity index (χ4v) is 67.2. The molecule has 131 heavy (non-hydrogen) atoms. The molecule has 11 aromatic carbocycles. The molecule has 0 radical (unpaired) electrons. The summed E-state index contributed by atoms with van der Waals surface area (Å²) in [6.45, 7) is 51.5. The molecule has 0 spiro atoms. The third-order valence-corrected chi connectivity index (χ3v) is 69.1. The van der Waals surface area contributed by atoms with E-state index in [0.29, 0.717) is 68.8 Å². The molecule has 12 atom stereocenters. The fourth-order valence-electron chi connectivity index (χ4n) is 28.9. The van der Waals surface area contributed by atoms with Crippen LogP contribution < -0.4 is 0 Å². The topological polar surface area (TPSA) is 36.9 Å². The van der Waals surface area contributed by atoms with Crippen molar-refractivity contribution < 1.29 is 16.5 Å². The van der Waals surface area contributed by atoms with Gasteiger partial charge in [0.05, 0.1) is 0 Å². The Labute approximate surface area is 796 Å². The van der Waals surface area contributed by atoms with Gasteiger partial charge in [0.25, 0.3) is 0 Å². The van der Waals surface area contributed by atoms with E-state index in [4.69, 9.17) is 16.5 Å². The van der Waals surface area contributed by atoms with Crippen LogP contribution in [-0.4, -0.2) is 75.3 Å². The Morgan fingerprint density at radius 1 is 0.229 bits per heavy atom. The van der Waals surface area contributed by atoms with E-state index in [0.717, 1.165) is 70.6 Å². The van der Waals surface area contributed by atoms with E-state index >= 15 is 0 Å². The fraction of sp³-hybridized carbons (Fsp3) is 0.458. The van der Waals surface area contributed by atoms with Crippen molar-refractivity contribution in [1.82, 2.24) is 0 Å². The number of hydrogen-bond acceptors (Lipinski definition) is 4. The Morgan fingerprint density at radius 3 is 0.763 bits per heavy atom. The number of benzene rings is 11. The number of fused-ring (bicyclic) bond motifs is 13. The van der Waals surface area contributed by atoms with Crippen molar-refractivity contribution in [3.05, 3.63) is 343 Å². The zero-order chi connectivity index (χ0) is 90.9. The maximum atomic E-state index is 8.78. The summed E-state index contributed by atoms with van der Waals surface area (Å²) in [6, 6.07) is 75.6. The van der Waals surface area contributed by atoms with Crippen molar-refractivity contribution in [2.45, 2.75) is 341 Å². The average molecular weight is 1880 g/mol. The maximum absolute atomic E-state index is 8.78. The van der Waals surface area contributed by atoms with Crippen LogP contribution in [0.1, 0.15) is 197 Å². The van der Waals surface area contributed by atoms with E-state index < -0.39 is 75.3 Å². The predicted molar refractivity (Wildman–Crippen MR) is 577 cm³/mol. The molecule has 13 heteroatoms. The van der Waals surface area contributed by atoms with Gasteiger partial charge in [0, 0.05) is 8.07 Å². The van der Waals surface area contributed by atoms with Crippen molar-refractivity contribution >= 4 is 103 Å². The van der Waals surface area contributed by atoms with Gasteiger partial charge in [-0.15, -0.1) is 0 Å². The lowest BCUT2D eigenvalue weighted by atomic mass is 9.73. The smallest absolute Gasteiger partial charge is 0.198 e. The zero-order valence-electron chi connectivity index (χ0n) is 83.1. The summed E-state index contributed by atoms with van der Waals surface area (Å²) in [6.07, 6.45) is 27.7. The van der Waals surface area contributed by atoms with Gasteiger partial charge >= 0.3 is 0 Å². The van der Waals surface area contributed by atoms with Crippen LogP contribution in [0.2, 0.25) is 164 Å². The normalized spacial score (nSPS) is 24.4. The first-order valence-corrected chi connectivity index (χ1v) is 79.3. The SMILES string of the molecule is C[SiH](C)O[Si](C)(C)C1Cc2ccc(C3Cc4cc(C5Cc6cc(C7Cc8cc9cc%10c(cc9cc8CC7[Si](C)(C)C)CC%10)ccc6CC5[Si](C)(C)O[Si](C)(C)C)ccc4CC3[Si](C)(C)O[Si](C)(C)C3Cc4cc5cc6c(cc5cc4CC3c3ccc4c(c3)CC4)CC(c3ccc4c(c3)CC4)C([Si](C)(C)O[Si](C)(C)C=Cc3ccc4c(c3)CC4)C6)cc2CC1c1ccc2c(c1)CC2. The monoisotopic (exact) mass is 1880 g/mol. The van der Waals surface area contributed by atoms with Crippen molar-refractivity contribution in [2.24, 2.45) is 0 Å². The van der Waals surface area contributed by atoms with Crippen LogP contribution in [0, 0.1) is 0 Å². The van der Waals surface area contributed by atoms with Crippen molar-refractivity contribution in [2.75, 3.05) is 0 Å². The largest absolute Gasteiger partial charge is 0.458 e. The second kappa shape index (κ2) is 33.1. The number of hydrogen-bond donors (Lipinski definition) is 0. The molecule has 12 unspecified atom stereocenters. The van der Waals surface area contributed by atoms with Gasteiger partial charge in [-0.05, 0) is 504 Å². The van der Waals surface area contributed by atoms with Gasteiger partial charge in [0.1, 0.15) is 0 Å². The molecule has 0 bridgehead atoms. The van der Waals surface area contributed by atoms with Gasteiger partial charge in [-0.25, -0.2) is 0 Å². The molecule has 0 N–H and O–H groups in total. The van der Waals surface area contributed by atoms with Gasteiger partial charge in [-0.2, -0.15) is 0 Å². The quantitative estimate of drug-likeness (QED) is 0.0634. The lowest BCUT2D eigenvalue weighted by Gasteiger charge is -2.50. The molecule has 0 aromatic heterocycles. The van der Waals surface area contributed by atoms with Crippen LogP contribution in [0.3, 0.4) is 0 Å². The summed E-state index contributed by atoms with van der Waals surface area (Å²) in [5.41, 5.74) is 50.7. The Balaban J connectivity index is 0.609. The molecule has 680 valence electrons. The van der Waals surface area contributed by atoms with Gasteiger partial charge in [-0.1, -0.05) is 207 Å². The minimum Gasteiger partial charge on any atom is -0.458 e. The first kappa shape index (κ1) is 89.7. The summed E-state index contributed by atoms with van der Waals surface area (Å²) in [7, 11) is -19.1. The summed E-state index contributed by atoms with van der Waals surface area (Å²) in [5, 5.41) is 5.78. The molecule has 0 fully saturated rings. The van der Waals surface area contributed by atoms with Crippen LogP contribution in [0.4, 0.5) is 0 Å². The van der Waals surface area contributed by atoms with Gasteiger partial charge in [0.15, 0.2) is 67.3 Å². The van der Waals surface area contributed by atoms with E-state index in [1.54, 1.807) is 145 Å². The first-order valence-electron chi connectivity index (χ1n) is 51.7. The minimum atomic E-state index is -2.65. The van der Waals surface area contributed by atoms with Crippen molar-refractivity contribution in [3.8, 4) is 0 Å². The van der Waals surface area contributed by atoms with Crippen LogP contribution in [0.15, 0.2) is 182 Å². The van der Waals surface area contributed by atoms with Gasteiger partial charge in [0.2, 0.25) is 0 Å². The van der Waals surface area contributed by atoms with E-state index in [1.807, 2.05) is 0 Å². The van der Waals surface area contributed by atoms with E-state index in [-0.39, 0.29) is 0 Å². The molecule has 22 rings (SSSR count). The highest BCUT2D eigenvalue weighted by molar-refractivity contribution is 6.89. The third-order valence-electron chi connectivity index (χ3n) is 36.1. The van der Waals surface area contributed by atoms with Crippen LogP contribution in [0.25, 0.3) is 27.6 Å². The summed E-state index contributed by atoms with van der Waals surface area (Å²) in [4.78, 5) is 0. The molecule has 11 aliphatic rings. The van der Waals surface area contributed by atoms with Crippen LogP contribution >= 0.6 is 0 Å². The second-order valence-electron chi connectivity index (χ2n) is 49.5. The Hall–Kier alpha value is -6.53. The molecular formula is C118H148O4Si9. The molecule has 11 aromatic rings. The Bertz CT molecular complexity index is 6470. The summed E-state index contributed by atoms with van der Waals surface area (Å²) in [5.74, 6) is 2.46. The Kier molecular flexibility index (Phi) is 22.7. The highest BCUT2D eigenvalue weighted by Crippen LogP contribution is 2.59. The molecule has 0 saturated heterocycles. The zero-order valence-corrected chi connectivity index (χ0v) is 92.2. The number of aryl methyl sites for hydroxylation is 10. The van der Waals surface area contributed by atoms with E-state index in [2.05, 4.69) is 319 Å². The molecule has 11 aliphatic carbocycles. The Morgan fingerprint density at radius 2 is 0.466 bits per heavy atom. The van der Waals surface area contributed by atoms with Crippen molar-refractivity contribution in [1.29, 1.82) is 0 Å². The summed E-state index contributed by atoms with van der Waals surface area (Å²) >= 11 is 0. The number of rotatable bonds is 22. The second-order valence-corrected chi connectivity index (χ2v) is 88.0. The molecule has 0 amide bonds. The third kappa shape index (κ3) is 17.1. The average Bonchev–Trinajstić information content (AvgIpc) is 0.746. The molecule has 0 aliphatic heterocycles. The highest BCUT2D eigenvalue weighted by Gasteiger charge is 2.54. The first-order chi connectivity index (χ1) is 62.2. The summed E-state index contributed by atoms with van der Waals surface area (Å²) < 4.78 is 31.6. The van der Waals surface area contributed by atoms with Crippen LogP contribution in [0.5, 0.6) is 0 Å². The standard InChI is InChI=1S/C118H148O4Si9/c1-123(2)119-127(11,12)114-68-85-37-43-93(55-99(85)62-108(114)88-39-27-76-24-31-80(76)48-88)110-64-100-54-92(109-63-98-53-91(42-36-86(98)69-115(109)128(13,14)120-125(6,7)8)107-65-101-56-94-51-83-34-35-84(83)52-95(94)59-104(101)71-113(107)124(3,4)5)44-38-87(100)70-116(110)130(17,18)122-131(19,20)118-73-106-61-97-60-105-72-117(129(15,16)121-126(9,10)46-45-74-21-22-75-23-30-79(75)47-74)111(89-40-28-77-25-32-81(77)49-89)66-102(105)57-96(97)58-103(106)67-112(118)90-41-29-78-26-33-82(78)50-90/h21-22,27-29,36-61,107-118,123H,23-26,30-35,62-73H2,1-20H3. The highest BCUT2D eigenvalue weighted by atomic mass is 28.4. The lowest BCUT2D eigenvalue weighted by Crippen LogP contribution is -2.54. The van der Waals surface area contributed by atoms with Gasteiger partial charge in [-0.3, -0.25) is 0 Å². The molecule has 0 heterocycles.